The van der Waals surface area contributed by atoms with Gasteiger partial charge in [-0.25, -0.2) is 8.42 Å². The first kappa shape index (κ1) is 32.4. The summed E-state index contributed by atoms with van der Waals surface area (Å²) in [6, 6.07) is 17.7. The number of halogens is 2. The molecule has 7 nitrogen and oxygen atoms in total. The summed E-state index contributed by atoms with van der Waals surface area (Å²) in [5, 5.41) is 3.50. The van der Waals surface area contributed by atoms with Gasteiger partial charge in [-0.3, -0.25) is 13.9 Å². The molecule has 0 aromatic heterocycles. The average Bonchev–Trinajstić information content (AvgIpc) is 2.94. The fraction of sp³-hybridized carbons (Fsp3) is 0.355. The molecule has 1 atom stereocenters. The molecule has 1 N–H and O–H groups in total. The zero-order chi connectivity index (χ0) is 30.3. The summed E-state index contributed by atoms with van der Waals surface area (Å²) >= 11 is 12.3. The second-order valence-corrected chi connectivity index (χ2v) is 13.0. The van der Waals surface area contributed by atoms with Crippen molar-refractivity contribution in [3.8, 4) is 0 Å². The molecule has 0 radical (unpaired) electrons. The van der Waals surface area contributed by atoms with Gasteiger partial charge in [-0.15, -0.1) is 0 Å². The molecule has 0 saturated carbocycles. The van der Waals surface area contributed by atoms with E-state index >= 15 is 0 Å². The first-order valence-electron chi connectivity index (χ1n) is 13.6. The van der Waals surface area contributed by atoms with E-state index in [9.17, 15) is 18.0 Å². The van der Waals surface area contributed by atoms with E-state index in [4.69, 9.17) is 23.2 Å². The Hall–Kier alpha value is -3.07. The van der Waals surface area contributed by atoms with Crippen molar-refractivity contribution < 1.29 is 18.0 Å². The average molecular weight is 619 g/mol. The van der Waals surface area contributed by atoms with Crippen molar-refractivity contribution in [3.63, 3.8) is 0 Å². The van der Waals surface area contributed by atoms with Gasteiger partial charge in [-0.05, 0) is 73.7 Å². The molecule has 0 aliphatic rings. The van der Waals surface area contributed by atoms with E-state index in [0.717, 1.165) is 21.9 Å². The summed E-state index contributed by atoms with van der Waals surface area (Å²) in [4.78, 5) is 28.4. The lowest BCUT2D eigenvalue weighted by atomic mass is 10.0. The number of carbonyl (C=O) groups is 2. The number of benzene rings is 3. The van der Waals surface area contributed by atoms with E-state index < -0.39 is 28.5 Å². The predicted molar refractivity (Wildman–Crippen MR) is 166 cm³/mol. The third kappa shape index (κ3) is 8.24. The summed E-state index contributed by atoms with van der Waals surface area (Å²) in [5.74, 6) is -0.634. The second-order valence-electron chi connectivity index (χ2n) is 10.3. The molecule has 41 heavy (non-hydrogen) atoms. The molecule has 1 unspecified atom stereocenters. The Morgan fingerprint density at radius 2 is 1.54 bits per heavy atom. The van der Waals surface area contributed by atoms with Crippen LogP contribution >= 0.6 is 23.2 Å². The van der Waals surface area contributed by atoms with E-state index in [1.54, 1.807) is 49.4 Å². The van der Waals surface area contributed by atoms with E-state index in [2.05, 4.69) is 5.32 Å². The summed E-state index contributed by atoms with van der Waals surface area (Å²) in [6.45, 7) is 9.49. The number of carbonyl (C=O) groups excluding carboxylic acids is 2. The van der Waals surface area contributed by atoms with Crippen LogP contribution in [-0.4, -0.2) is 44.3 Å². The van der Waals surface area contributed by atoms with Crippen LogP contribution in [0, 0.1) is 6.92 Å². The number of hydrogen-bond acceptors (Lipinski definition) is 4. The maximum Gasteiger partial charge on any atom is 0.264 e. The van der Waals surface area contributed by atoms with Gasteiger partial charge in [0.1, 0.15) is 12.6 Å². The van der Waals surface area contributed by atoms with Gasteiger partial charge in [-0.2, -0.15) is 0 Å². The lowest BCUT2D eigenvalue weighted by Crippen LogP contribution is -2.51. The molecule has 0 bridgehead atoms. The number of sulfonamides is 1. The van der Waals surface area contributed by atoms with Crippen molar-refractivity contribution >= 4 is 50.7 Å². The summed E-state index contributed by atoms with van der Waals surface area (Å²) in [6.07, 6.45) is 0.730. The first-order chi connectivity index (χ1) is 19.3. The normalized spacial score (nSPS) is 12.2. The van der Waals surface area contributed by atoms with Crippen molar-refractivity contribution in [1.29, 1.82) is 0 Å². The minimum absolute atomic E-state index is 0.0289. The number of aryl methyl sites for hydroxylation is 1. The van der Waals surface area contributed by atoms with E-state index in [1.807, 2.05) is 39.8 Å². The molecule has 3 rings (SSSR count). The van der Waals surface area contributed by atoms with Gasteiger partial charge in [0.25, 0.3) is 10.0 Å². The van der Waals surface area contributed by atoms with Crippen LogP contribution in [0.15, 0.2) is 71.6 Å². The molecular weight excluding hydrogens is 581 g/mol. The lowest BCUT2D eigenvalue weighted by Gasteiger charge is -2.32. The Balaban J connectivity index is 2.04. The lowest BCUT2D eigenvalue weighted by molar-refractivity contribution is -0.139. The topological polar surface area (TPSA) is 86.8 Å². The quantitative estimate of drug-likeness (QED) is 0.249. The Bertz CT molecular complexity index is 1460. The molecule has 220 valence electrons. The van der Waals surface area contributed by atoms with Crippen LogP contribution in [0.3, 0.4) is 0 Å². The van der Waals surface area contributed by atoms with Crippen molar-refractivity contribution in [3.05, 3.63) is 93.5 Å². The van der Waals surface area contributed by atoms with Gasteiger partial charge in [0, 0.05) is 13.1 Å². The molecule has 0 aliphatic heterocycles. The molecule has 0 aliphatic carbocycles. The maximum absolute atomic E-state index is 14.0. The summed E-state index contributed by atoms with van der Waals surface area (Å²) in [7, 11) is -4.13. The van der Waals surface area contributed by atoms with Gasteiger partial charge in [0.15, 0.2) is 0 Å². The standard InChI is InChI=1S/C31H37Cl2N3O4S/c1-6-17-34-31(38)23(5)35(19-24-9-16-28(32)29(33)18-24)30(37)20-36(26-12-10-25(11-13-26)21(2)3)41(39,40)27-14-7-22(4)8-15-27/h7-16,18,21,23H,6,17,19-20H2,1-5H3,(H,34,38). The van der Waals surface area contributed by atoms with E-state index in [0.29, 0.717) is 27.8 Å². The predicted octanol–water partition coefficient (Wildman–Crippen LogP) is 6.56. The first-order valence-corrected chi connectivity index (χ1v) is 15.7. The highest BCUT2D eigenvalue weighted by Gasteiger charge is 2.32. The summed E-state index contributed by atoms with van der Waals surface area (Å²) < 4.78 is 29.0. The monoisotopic (exact) mass is 617 g/mol. The second kappa shape index (κ2) is 14.2. The Labute approximate surface area is 253 Å². The van der Waals surface area contributed by atoms with Crippen molar-refractivity contribution in [2.75, 3.05) is 17.4 Å². The SMILES string of the molecule is CCCNC(=O)C(C)N(Cc1ccc(Cl)c(Cl)c1)C(=O)CN(c1ccc(C(C)C)cc1)S(=O)(=O)c1ccc(C)cc1. The molecule has 0 spiro atoms. The van der Waals surface area contributed by atoms with Gasteiger partial charge in [0.05, 0.1) is 20.6 Å². The van der Waals surface area contributed by atoms with Crippen molar-refractivity contribution in [1.82, 2.24) is 10.2 Å². The third-order valence-corrected chi connectivity index (χ3v) is 9.32. The zero-order valence-electron chi connectivity index (χ0n) is 24.0. The minimum Gasteiger partial charge on any atom is -0.354 e. The van der Waals surface area contributed by atoms with Crippen LogP contribution in [0.5, 0.6) is 0 Å². The largest absolute Gasteiger partial charge is 0.354 e. The Morgan fingerprint density at radius 1 is 0.902 bits per heavy atom. The van der Waals surface area contributed by atoms with Crippen LogP contribution in [0.2, 0.25) is 10.0 Å². The van der Waals surface area contributed by atoms with E-state index in [1.165, 1.54) is 17.0 Å². The van der Waals surface area contributed by atoms with Crippen LogP contribution < -0.4 is 9.62 Å². The molecule has 0 saturated heterocycles. The fourth-order valence-corrected chi connectivity index (χ4v) is 5.94. The highest BCUT2D eigenvalue weighted by Crippen LogP contribution is 2.28. The van der Waals surface area contributed by atoms with Gasteiger partial charge >= 0.3 is 0 Å². The molecular formula is C31H37Cl2N3O4S. The van der Waals surface area contributed by atoms with Crippen molar-refractivity contribution in [2.24, 2.45) is 0 Å². The molecule has 10 heteroatoms. The molecule has 0 fully saturated rings. The van der Waals surface area contributed by atoms with Crippen LogP contribution in [0.25, 0.3) is 0 Å². The number of amides is 2. The Kier molecular flexibility index (Phi) is 11.2. The molecule has 3 aromatic rings. The van der Waals surface area contributed by atoms with Gasteiger partial charge < -0.3 is 10.2 Å². The molecule has 3 aromatic carbocycles. The minimum atomic E-state index is -4.13. The number of nitrogens with zero attached hydrogens (tertiary/aromatic N) is 2. The highest BCUT2D eigenvalue weighted by atomic mass is 35.5. The Morgan fingerprint density at radius 3 is 2.10 bits per heavy atom. The van der Waals surface area contributed by atoms with E-state index in [-0.39, 0.29) is 23.3 Å². The summed E-state index contributed by atoms with van der Waals surface area (Å²) in [5.41, 5.74) is 2.95. The van der Waals surface area contributed by atoms with Gasteiger partial charge in [-0.1, -0.05) is 79.9 Å². The fourth-order valence-electron chi connectivity index (χ4n) is 4.20. The van der Waals surface area contributed by atoms with Crippen LogP contribution in [-0.2, 0) is 26.2 Å². The van der Waals surface area contributed by atoms with Crippen LogP contribution in [0.1, 0.15) is 56.7 Å². The molecule has 2 amide bonds. The number of anilines is 1. The maximum atomic E-state index is 14.0. The zero-order valence-corrected chi connectivity index (χ0v) is 26.4. The van der Waals surface area contributed by atoms with Gasteiger partial charge in [0.2, 0.25) is 11.8 Å². The third-order valence-electron chi connectivity index (χ3n) is 6.79. The van der Waals surface area contributed by atoms with Crippen LogP contribution in [0.4, 0.5) is 5.69 Å². The highest BCUT2D eigenvalue weighted by molar-refractivity contribution is 7.92. The molecule has 0 heterocycles. The number of hydrogen-bond donors (Lipinski definition) is 1. The number of rotatable bonds is 12. The van der Waals surface area contributed by atoms with Crippen molar-refractivity contribution in [2.45, 2.75) is 64.4 Å². The smallest absolute Gasteiger partial charge is 0.264 e. The number of nitrogens with one attached hydrogen (secondary N) is 1.